The van der Waals surface area contributed by atoms with E-state index in [0.717, 1.165) is 5.56 Å². The lowest BCUT2D eigenvalue weighted by atomic mass is 9.96. The maximum Gasteiger partial charge on any atom is 0.256 e. The van der Waals surface area contributed by atoms with Crippen molar-refractivity contribution in [3.05, 3.63) is 35.4 Å². The molecule has 7 nitrogen and oxygen atoms in total. The summed E-state index contributed by atoms with van der Waals surface area (Å²) in [5.74, 6) is -1.35. The second kappa shape index (κ2) is 7.91. The minimum absolute atomic E-state index is 0.0795. The van der Waals surface area contributed by atoms with Crippen LogP contribution in [0.3, 0.4) is 0 Å². The summed E-state index contributed by atoms with van der Waals surface area (Å²) in [5, 5.41) is 11.7. The normalized spacial score (nSPS) is 21.4. The van der Waals surface area contributed by atoms with Crippen molar-refractivity contribution in [1.29, 1.82) is 0 Å². The van der Waals surface area contributed by atoms with E-state index in [2.05, 4.69) is 0 Å². The van der Waals surface area contributed by atoms with Gasteiger partial charge >= 0.3 is 0 Å². The zero-order valence-corrected chi connectivity index (χ0v) is 16.6. The number of carbonyl (C=O) groups is 3. The number of hydrogen-bond acceptors (Lipinski definition) is 5. The van der Waals surface area contributed by atoms with Gasteiger partial charge < -0.3 is 19.5 Å². The number of aliphatic carboxylic acids is 1. The maximum absolute atomic E-state index is 13.2. The summed E-state index contributed by atoms with van der Waals surface area (Å²) in [6.07, 6.45) is 1.25. The summed E-state index contributed by atoms with van der Waals surface area (Å²) in [7, 11) is 0. The smallest absolute Gasteiger partial charge is 0.256 e. The van der Waals surface area contributed by atoms with Crippen molar-refractivity contribution >= 4 is 17.8 Å². The molecule has 0 N–H and O–H groups in total. The number of nitrogens with zero attached hydrogens (tertiary/aromatic N) is 2. The van der Waals surface area contributed by atoms with E-state index in [-0.39, 0.29) is 24.3 Å². The molecule has 3 rings (SSSR count). The quantitative estimate of drug-likeness (QED) is 0.767. The molecule has 0 saturated carbocycles. The van der Waals surface area contributed by atoms with Crippen molar-refractivity contribution in [3.8, 4) is 0 Å². The Morgan fingerprint density at radius 3 is 2.50 bits per heavy atom. The number of benzene rings is 1. The largest absolute Gasteiger partial charge is 0.548 e. The second-order valence-electron chi connectivity index (χ2n) is 8.12. The zero-order chi connectivity index (χ0) is 20.5. The molecule has 2 saturated heterocycles. The number of carboxylic acid groups (broad SMARTS) is 1. The van der Waals surface area contributed by atoms with Crippen molar-refractivity contribution in [2.24, 2.45) is 5.92 Å². The molecule has 152 valence electrons. The molecule has 2 aliphatic rings. The third-order valence-electron chi connectivity index (χ3n) is 5.50. The van der Waals surface area contributed by atoms with Gasteiger partial charge in [-0.1, -0.05) is 31.5 Å². The monoisotopic (exact) mass is 387 g/mol. The highest BCUT2D eigenvalue weighted by Crippen LogP contribution is 2.38. The van der Waals surface area contributed by atoms with Gasteiger partial charge in [0.15, 0.2) is 0 Å². The zero-order valence-electron chi connectivity index (χ0n) is 16.6. The van der Waals surface area contributed by atoms with Gasteiger partial charge in [0.2, 0.25) is 5.91 Å². The van der Waals surface area contributed by atoms with Crippen LogP contribution >= 0.6 is 0 Å². The van der Waals surface area contributed by atoms with Gasteiger partial charge in [-0.2, -0.15) is 0 Å². The molecule has 2 aliphatic heterocycles. The molecular weight excluding hydrogens is 360 g/mol. The molecular formula is C21H27N2O5-. The predicted octanol–water partition coefficient (Wildman–Crippen LogP) is 0.951. The van der Waals surface area contributed by atoms with Gasteiger partial charge in [-0.25, -0.2) is 0 Å². The van der Waals surface area contributed by atoms with E-state index < -0.39 is 17.7 Å². The average molecular weight is 387 g/mol. The highest BCUT2D eigenvalue weighted by molar-refractivity contribution is 5.97. The van der Waals surface area contributed by atoms with Crippen molar-refractivity contribution in [1.82, 2.24) is 9.80 Å². The summed E-state index contributed by atoms with van der Waals surface area (Å²) in [6.45, 7) is 6.64. The van der Waals surface area contributed by atoms with E-state index in [1.807, 2.05) is 26.8 Å². The number of carbonyl (C=O) groups excluding carboxylic acids is 3. The van der Waals surface area contributed by atoms with E-state index in [1.54, 1.807) is 23.1 Å². The molecule has 2 fully saturated rings. The summed E-state index contributed by atoms with van der Waals surface area (Å²) in [4.78, 5) is 40.4. The Kier molecular flexibility index (Phi) is 5.74. The number of piperidine rings is 1. The first kappa shape index (κ1) is 20.3. The third-order valence-corrected chi connectivity index (χ3v) is 5.50. The van der Waals surface area contributed by atoms with Gasteiger partial charge in [-0.05, 0) is 25.0 Å². The molecule has 1 aromatic rings. The van der Waals surface area contributed by atoms with Crippen molar-refractivity contribution < 1.29 is 24.2 Å². The first-order valence-corrected chi connectivity index (χ1v) is 9.76. The number of carboxylic acids is 1. The van der Waals surface area contributed by atoms with E-state index in [1.165, 1.54) is 4.90 Å². The summed E-state index contributed by atoms with van der Waals surface area (Å²) in [6, 6.07) is 5.93. The molecule has 7 heteroatoms. The number of aryl methyl sites for hydroxylation is 1. The fourth-order valence-electron chi connectivity index (χ4n) is 4.05. The van der Waals surface area contributed by atoms with Crippen LogP contribution in [0.5, 0.6) is 0 Å². The van der Waals surface area contributed by atoms with Crippen LogP contribution in [0.25, 0.3) is 0 Å². The minimum atomic E-state index is -1.32. The Morgan fingerprint density at radius 2 is 1.93 bits per heavy atom. The molecule has 0 aromatic heterocycles. The standard InChI is InChI=1S/C21H28N2O5/c1-14(2)11-18(24)22-9-7-21(8-10-22)23(17(13-28-21)20(26)27)19(25)16-6-4-5-15(3)12-16/h4-6,12,14,17H,7-11,13H2,1-3H3,(H,26,27)/p-1/t17-/m1/s1. The minimum Gasteiger partial charge on any atom is -0.548 e. The van der Waals surface area contributed by atoms with E-state index in [9.17, 15) is 19.5 Å². The molecule has 1 aromatic carbocycles. The Hall–Kier alpha value is -2.41. The fourth-order valence-corrected chi connectivity index (χ4v) is 4.05. The molecule has 0 aliphatic carbocycles. The van der Waals surface area contributed by atoms with Crippen LogP contribution in [0, 0.1) is 12.8 Å². The van der Waals surface area contributed by atoms with Crippen LogP contribution in [0.4, 0.5) is 0 Å². The van der Waals surface area contributed by atoms with E-state index >= 15 is 0 Å². The molecule has 2 heterocycles. The summed E-state index contributed by atoms with van der Waals surface area (Å²) < 4.78 is 5.90. The number of ether oxygens (including phenoxy) is 1. The average Bonchev–Trinajstić information content (AvgIpc) is 3.00. The van der Waals surface area contributed by atoms with Crippen molar-refractivity contribution in [2.45, 2.75) is 51.8 Å². The lowest BCUT2D eigenvalue weighted by Gasteiger charge is -2.45. The Labute approximate surface area is 165 Å². The van der Waals surface area contributed by atoms with E-state index in [0.29, 0.717) is 37.9 Å². The number of likely N-dealkylation sites (tertiary alicyclic amines) is 1. The lowest BCUT2D eigenvalue weighted by Crippen LogP contribution is -2.60. The fraction of sp³-hybridized carbons (Fsp3) is 0.571. The first-order valence-electron chi connectivity index (χ1n) is 9.76. The van der Waals surface area contributed by atoms with Crippen LogP contribution in [0.15, 0.2) is 24.3 Å². The highest BCUT2D eigenvalue weighted by Gasteiger charge is 2.52. The SMILES string of the molecule is Cc1cccc(C(=O)N2[C@@H](C(=O)[O-])COC23CCN(C(=O)CC(C)C)CC3)c1. The Morgan fingerprint density at radius 1 is 1.25 bits per heavy atom. The highest BCUT2D eigenvalue weighted by atomic mass is 16.5. The van der Waals surface area contributed by atoms with Gasteiger partial charge in [-0.3, -0.25) is 14.5 Å². The van der Waals surface area contributed by atoms with Gasteiger partial charge in [0.25, 0.3) is 5.91 Å². The molecule has 0 unspecified atom stereocenters. The van der Waals surface area contributed by atoms with Crippen molar-refractivity contribution in [2.75, 3.05) is 19.7 Å². The molecule has 1 atom stereocenters. The molecule has 2 amide bonds. The predicted molar refractivity (Wildman–Crippen MR) is 100 cm³/mol. The Bertz CT molecular complexity index is 768. The van der Waals surface area contributed by atoms with Crippen LogP contribution < -0.4 is 5.11 Å². The first-order chi connectivity index (χ1) is 13.2. The Balaban J connectivity index is 1.83. The van der Waals surface area contributed by atoms with Gasteiger partial charge in [0.1, 0.15) is 5.72 Å². The van der Waals surface area contributed by atoms with Gasteiger partial charge in [0.05, 0.1) is 18.6 Å². The third kappa shape index (κ3) is 3.90. The summed E-state index contributed by atoms with van der Waals surface area (Å²) in [5.41, 5.74) is 0.328. The van der Waals surface area contributed by atoms with Crippen LogP contribution in [-0.4, -0.2) is 59.0 Å². The number of amides is 2. The molecule has 0 radical (unpaired) electrons. The number of hydrogen-bond donors (Lipinski definition) is 0. The van der Waals surface area contributed by atoms with Gasteiger partial charge in [-0.15, -0.1) is 0 Å². The number of rotatable bonds is 4. The van der Waals surface area contributed by atoms with Crippen molar-refractivity contribution in [3.63, 3.8) is 0 Å². The molecule has 0 bridgehead atoms. The summed E-state index contributed by atoms with van der Waals surface area (Å²) >= 11 is 0. The topological polar surface area (TPSA) is 90.0 Å². The van der Waals surface area contributed by atoms with Gasteiger partial charge in [0, 0.05) is 37.9 Å². The van der Waals surface area contributed by atoms with E-state index in [4.69, 9.17) is 4.74 Å². The van der Waals surface area contributed by atoms with Crippen LogP contribution in [0.2, 0.25) is 0 Å². The van der Waals surface area contributed by atoms with Crippen LogP contribution in [-0.2, 0) is 14.3 Å². The van der Waals surface area contributed by atoms with Crippen LogP contribution in [0.1, 0.15) is 49.0 Å². The maximum atomic E-state index is 13.2. The molecule has 28 heavy (non-hydrogen) atoms. The lowest BCUT2D eigenvalue weighted by molar-refractivity contribution is -0.310. The second-order valence-corrected chi connectivity index (χ2v) is 8.12. The molecule has 1 spiro atoms.